The van der Waals surface area contributed by atoms with Gasteiger partial charge in [-0.1, -0.05) is 18.2 Å². The third-order valence-electron chi connectivity index (χ3n) is 4.60. The molecule has 1 aromatic heterocycles. The van der Waals surface area contributed by atoms with Crippen molar-refractivity contribution in [2.24, 2.45) is 0 Å². The second kappa shape index (κ2) is 7.70. The third-order valence-corrected chi connectivity index (χ3v) is 5.14. The van der Waals surface area contributed by atoms with Gasteiger partial charge in [-0.15, -0.1) is 0 Å². The summed E-state index contributed by atoms with van der Waals surface area (Å²) in [5, 5.41) is 6.21. The Morgan fingerprint density at radius 2 is 1.81 bits per heavy atom. The van der Waals surface area contributed by atoms with Crippen LogP contribution in [0.1, 0.15) is 19.3 Å². The molecule has 3 aromatic rings. The van der Waals surface area contributed by atoms with E-state index in [1.807, 2.05) is 36.4 Å². The molecular formula is C19H21N5OS. The summed E-state index contributed by atoms with van der Waals surface area (Å²) in [5.74, 6) is -0.0982. The molecule has 26 heavy (non-hydrogen) atoms. The molecule has 0 bridgehead atoms. The summed E-state index contributed by atoms with van der Waals surface area (Å²) in [6.07, 6.45) is 3.74. The third kappa shape index (κ3) is 3.62. The summed E-state index contributed by atoms with van der Waals surface area (Å²) >= 11 is 1.15. The highest BCUT2D eigenvalue weighted by molar-refractivity contribution is 7.00. The lowest BCUT2D eigenvalue weighted by Crippen LogP contribution is -2.30. The van der Waals surface area contributed by atoms with Gasteiger partial charge in [0.05, 0.1) is 35.3 Å². The van der Waals surface area contributed by atoms with Gasteiger partial charge in [0.25, 0.3) is 0 Å². The van der Waals surface area contributed by atoms with Crippen molar-refractivity contribution in [2.75, 3.05) is 35.2 Å². The molecule has 2 aromatic carbocycles. The van der Waals surface area contributed by atoms with Gasteiger partial charge in [-0.25, -0.2) is 0 Å². The van der Waals surface area contributed by atoms with Gasteiger partial charge >= 0.3 is 0 Å². The monoisotopic (exact) mass is 367 g/mol. The minimum Gasteiger partial charge on any atom is -0.374 e. The lowest BCUT2D eigenvalue weighted by atomic mass is 10.1. The summed E-state index contributed by atoms with van der Waals surface area (Å²) in [4.78, 5) is 14.8. The molecule has 1 amide bonds. The average Bonchev–Trinajstić information content (AvgIpc) is 3.17. The topological polar surface area (TPSA) is 70.2 Å². The summed E-state index contributed by atoms with van der Waals surface area (Å²) in [5.41, 5.74) is 4.41. The van der Waals surface area contributed by atoms with E-state index in [4.69, 9.17) is 0 Å². The van der Waals surface area contributed by atoms with Crippen LogP contribution < -0.4 is 15.5 Å². The lowest BCUT2D eigenvalue weighted by molar-refractivity contribution is -0.114. The molecule has 0 unspecified atom stereocenters. The molecule has 4 rings (SSSR count). The van der Waals surface area contributed by atoms with Gasteiger partial charge in [0, 0.05) is 13.1 Å². The molecule has 1 aliphatic heterocycles. The van der Waals surface area contributed by atoms with Gasteiger partial charge in [0.2, 0.25) is 5.91 Å². The maximum Gasteiger partial charge on any atom is 0.243 e. The summed E-state index contributed by atoms with van der Waals surface area (Å²) in [7, 11) is 0. The number of nitrogens with one attached hydrogen (secondary N) is 2. The van der Waals surface area contributed by atoms with E-state index in [-0.39, 0.29) is 12.5 Å². The first kappa shape index (κ1) is 16.8. The van der Waals surface area contributed by atoms with Crippen LogP contribution in [0.3, 0.4) is 0 Å². The van der Waals surface area contributed by atoms with Crippen molar-refractivity contribution < 1.29 is 4.79 Å². The Hall–Kier alpha value is -2.67. The second-order valence-corrected chi connectivity index (χ2v) is 6.93. The predicted octanol–water partition coefficient (Wildman–Crippen LogP) is 3.73. The van der Waals surface area contributed by atoms with E-state index in [1.165, 1.54) is 24.9 Å². The number of para-hydroxylation sites is 2. The zero-order chi connectivity index (χ0) is 17.8. The Morgan fingerprint density at radius 1 is 1.00 bits per heavy atom. The Morgan fingerprint density at radius 3 is 2.69 bits per heavy atom. The summed E-state index contributed by atoms with van der Waals surface area (Å²) in [6.45, 7) is 2.35. The lowest BCUT2D eigenvalue weighted by Gasteiger charge is -2.30. The van der Waals surface area contributed by atoms with Crippen LogP contribution in [0.2, 0.25) is 0 Å². The number of piperidine rings is 1. The molecule has 2 N–H and O–H groups in total. The standard InChI is InChI=1S/C19H21N5OS/c25-18(21-15-8-6-9-16-19(15)23-26-22-16)13-20-14-7-2-3-10-17(14)24-11-4-1-5-12-24/h2-3,6-10,20H,1,4-5,11-13H2,(H,21,25). The highest BCUT2D eigenvalue weighted by atomic mass is 32.1. The van der Waals surface area contributed by atoms with Gasteiger partial charge in [0.15, 0.2) is 0 Å². The SMILES string of the molecule is O=C(CNc1ccccc1N1CCCCC1)Nc1cccc2nsnc12. The average molecular weight is 367 g/mol. The number of carbonyl (C=O) groups is 1. The van der Waals surface area contributed by atoms with E-state index in [0.717, 1.165) is 41.5 Å². The van der Waals surface area contributed by atoms with Crippen molar-refractivity contribution in [1.82, 2.24) is 8.75 Å². The molecule has 1 aliphatic rings. The van der Waals surface area contributed by atoms with Gasteiger partial charge in [-0.05, 0) is 43.5 Å². The van der Waals surface area contributed by atoms with E-state index in [2.05, 4.69) is 30.3 Å². The first-order chi connectivity index (χ1) is 12.8. The number of benzene rings is 2. The number of hydrogen-bond acceptors (Lipinski definition) is 6. The van der Waals surface area contributed by atoms with Crippen molar-refractivity contribution >= 4 is 45.7 Å². The minimum atomic E-state index is -0.0982. The number of aromatic nitrogens is 2. The van der Waals surface area contributed by atoms with Crippen molar-refractivity contribution in [3.8, 4) is 0 Å². The molecule has 7 heteroatoms. The molecule has 0 atom stereocenters. The fourth-order valence-corrected chi connectivity index (χ4v) is 3.86. The van der Waals surface area contributed by atoms with E-state index >= 15 is 0 Å². The number of amides is 1. The van der Waals surface area contributed by atoms with Crippen LogP contribution in [0.5, 0.6) is 0 Å². The fraction of sp³-hybridized carbons (Fsp3) is 0.316. The molecule has 0 radical (unpaired) electrons. The summed E-state index contributed by atoms with van der Waals surface area (Å²) < 4.78 is 8.46. The van der Waals surface area contributed by atoms with Crippen LogP contribution in [-0.2, 0) is 4.79 Å². The van der Waals surface area contributed by atoms with E-state index in [1.54, 1.807) is 0 Å². The normalized spacial score (nSPS) is 14.4. The molecule has 6 nitrogen and oxygen atoms in total. The Balaban J connectivity index is 1.42. The van der Waals surface area contributed by atoms with Crippen LogP contribution >= 0.6 is 11.7 Å². The maximum atomic E-state index is 12.4. The van der Waals surface area contributed by atoms with Crippen molar-refractivity contribution in [3.63, 3.8) is 0 Å². The summed E-state index contributed by atoms with van der Waals surface area (Å²) in [6, 6.07) is 13.8. The smallest absolute Gasteiger partial charge is 0.243 e. The van der Waals surface area contributed by atoms with Crippen LogP contribution in [0.4, 0.5) is 17.1 Å². The van der Waals surface area contributed by atoms with Crippen LogP contribution in [-0.4, -0.2) is 34.3 Å². The van der Waals surface area contributed by atoms with E-state index < -0.39 is 0 Å². The molecular weight excluding hydrogens is 346 g/mol. The number of nitrogens with zero attached hydrogens (tertiary/aromatic N) is 3. The molecule has 0 aliphatic carbocycles. The molecule has 1 fully saturated rings. The van der Waals surface area contributed by atoms with E-state index in [9.17, 15) is 4.79 Å². The number of fused-ring (bicyclic) bond motifs is 1. The first-order valence-corrected chi connectivity index (χ1v) is 9.63. The molecule has 134 valence electrons. The first-order valence-electron chi connectivity index (χ1n) is 8.90. The molecule has 0 spiro atoms. The van der Waals surface area contributed by atoms with Crippen molar-refractivity contribution in [3.05, 3.63) is 42.5 Å². The zero-order valence-electron chi connectivity index (χ0n) is 14.4. The number of anilines is 3. The second-order valence-electron chi connectivity index (χ2n) is 6.40. The van der Waals surface area contributed by atoms with Gasteiger partial charge in [-0.2, -0.15) is 8.75 Å². The largest absolute Gasteiger partial charge is 0.374 e. The highest BCUT2D eigenvalue weighted by Crippen LogP contribution is 2.28. The quantitative estimate of drug-likeness (QED) is 0.719. The molecule has 1 saturated heterocycles. The minimum absolute atomic E-state index is 0.0982. The fourth-order valence-electron chi connectivity index (χ4n) is 3.31. The van der Waals surface area contributed by atoms with Crippen LogP contribution in [0.15, 0.2) is 42.5 Å². The van der Waals surface area contributed by atoms with Gasteiger partial charge in [0.1, 0.15) is 11.0 Å². The highest BCUT2D eigenvalue weighted by Gasteiger charge is 2.15. The predicted molar refractivity (Wildman–Crippen MR) is 107 cm³/mol. The molecule has 0 saturated carbocycles. The van der Waals surface area contributed by atoms with Crippen LogP contribution in [0, 0.1) is 0 Å². The van der Waals surface area contributed by atoms with Gasteiger partial charge in [-0.3, -0.25) is 4.79 Å². The Bertz CT molecular complexity index is 904. The number of rotatable bonds is 5. The number of carbonyl (C=O) groups excluding carboxylic acids is 1. The Labute approximate surface area is 156 Å². The van der Waals surface area contributed by atoms with Gasteiger partial charge < -0.3 is 15.5 Å². The maximum absolute atomic E-state index is 12.4. The number of hydrogen-bond donors (Lipinski definition) is 2. The van der Waals surface area contributed by atoms with E-state index in [0.29, 0.717) is 5.69 Å². The zero-order valence-corrected chi connectivity index (χ0v) is 15.3. The van der Waals surface area contributed by atoms with Crippen LogP contribution in [0.25, 0.3) is 11.0 Å². The molecule has 2 heterocycles. The van der Waals surface area contributed by atoms with Crippen molar-refractivity contribution in [1.29, 1.82) is 0 Å². The van der Waals surface area contributed by atoms with Crippen molar-refractivity contribution in [2.45, 2.75) is 19.3 Å². The Kier molecular flexibility index (Phi) is 4.97.